The summed E-state index contributed by atoms with van der Waals surface area (Å²) < 4.78 is 7.66. The predicted molar refractivity (Wildman–Crippen MR) is 137 cm³/mol. The van der Waals surface area contributed by atoms with E-state index in [1.54, 1.807) is 16.4 Å². The number of ether oxygens (including phenoxy) is 1. The van der Waals surface area contributed by atoms with Gasteiger partial charge in [-0.1, -0.05) is 37.3 Å². The highest BCUT2D eigenvalue weighted by Gasteiger charge is 2.33. The first kappa shape index (κ1) is 25.5. The molecule has 0 bridgehead atoms. The van der Waals surface area contributed by atoms with Crippen molar-refractivity contribution in [2.75, 3.05) is 37.7 Å². The molecule has 7 nitrogen and oxygen atoms in total. The van der Waals surface area contributed by atoms with E-state index in [9.17, 15) is 14.9 Å². The van der Waals surface area contributed by atoms with E-state index in [0.717, 1.165) is 50.2 Å². The van der Waals surface area contributed by atoms with E-state index in [1.165, 1.54) is 11.8 Å². The van der Waals surface area contributed by atoms with Gasteiger partial charge in [-0.3, -0.25) is 19.1 Å². The van der Waals surface area contributed by atoms with E-state index < -0.39 is 0 Å². The fourth-order valence-electron chi connectivity index (χ4n) is 4.23. The third-order valence-electron chi connectivity index (χ3n) is 6.01. The van der Waals surface area contributed by atoms with Gasteiger partial charge in [0.15, 0.2) is 0 Å². The lowest BCUT2D eigenvalue weighted by atomic mass is 10.0. The Labute approximate surface area is 205 Å². The van der Waals surface area contributed by atoms with Gasteiger partial charge in [0.25, 0.3) is 11.5 Å². The van der Waals surface area contributed by atoms with Crippen LogP contribution in [0.25, 0.3) is 6.08 Å². The van der Waals surface area contributed by atoms with Crippen LogP contribution in [0, 0.1) is 18.3 Å². The fourth-order valence-corrected chi connectivity index (χ4v) is 5.52. The lowest BCUT2D eigenvalue weighted by Gasteiger charge is -2.27. The summed E-state index contributed by atoms with van der Waals surface area (Å²) >= 11 is 6.76. The minimum absolute atomic E-state index is 0.127. The number of amides is 1. The number of aromatic nitrogens is 1. The summed E-state index contributed by atoms with van der Waals surface area (Å²) in [7, 11) is 0. The first-order valence-electron chi connectivity index (χ1n) is 11.7. The van der Waals surface area contributed by atoms with Crippen LogP contribution in [0.4, 0.5) is 5.82 Å². The SMILES string of the molecule is CCCCn1c(N2CCCC2)c(/C=C2/SC(=S)N(CCCOCC)C2=O)c(C)c(C#N)c1=O. The van der Waals surface area contributed by atoms with E-state index >= 15 is 0 Å². The highest BCUT2D eigenvalue weighted by Crippen LogP contribution is 2.36. The van der Waals surface area contributed by atoms with Crippen LogP contribution < -0.4 is 10.5 Å². The minimum atomic E-state index is -0.244. The number of rotatable bonds is 10. The van der Waals surface area contributed by atoms with Gasteiger partial charge in [-0.2, -0.15) is 5.26 Å². The summed E-state index contributed by atoms with van der Waals surface area (Å²) in [5.41, 5.74) is 1.30. The average molecular weight is 489 g/mol. The first-order chi connectivity index (χ1) is 15.9. The van der Waals surface area contributed by atoms with E-state index in [4.69, 9.17) is 17.0 Å². The Morgan fingerprint density at radius 3 is 2.55 bits per heavy atom. The quantitative estimate of drug-likeness (QED) is 0.279. The van der Waals surface area contributed by atoms with Crippen LogP contribution in [0.15, 0.2) is 9.70 Å². The second kappa shape index (κ2) is 11.8. The summed E-state index contributed by atoms with van der Waals surface area (Å²) in [4.78, 5) is 30.8. The molecule has 0 spiro atoms. The number of carbonyl (C=O) groups is 1. The van der Waals surface area contributed by atoms with Gasteiger partial charge in [0, 0.05) is 45.0 Å². The normalized spacial score (nSPS) is 17.5. The maximum absolute atomic E-state index is 13.2. The van der Waals surface area contributed by atoms with Crippen molar-refractivity contribution >= 4 is 46.1 Å². The molecule has 2 fully saturated rings. The molecule has 0 atom stereocenters. The number of nitriles is 1. The monoisotopic (exact) mass is 488 g/mol. The molecule has 0 saturated carbocycles. The largest absolute Gasteiger partial charge is 0.382 e. The molecule has 2 saturated heterocycles. The molecular formula is C24H32N4O3S2. The molecule has 1 aromatic heterocycles. The molecule has 0 aliphatic carbocycles. The first-order valence-corrected chi connectivity index (χ1v) is 12.9. The molecule has 33 heavy (non-hydrogen) atoms. The standard InChI is InChI=1S/C24H32N4O3S2/c1-4-6-12-27-21(26-10-7-8-11-26)18(17(3)19(16-25)22(27)29)15-20-23(30)28(24(32)33-20)13-9-14-31-5-2/h15H,4-14H2,1-3H3/b20-15+. The van der Waals surface area contributed by atoms with E-state index in [-0.39, 0.29) is 17.0 Å². The lowest BCUT2D eigenvalue weighted by molar-refractivity contribution is -0.122. The number of pyridine rings is 1. The van der Waals surface area contributed by atoms with Crippen LogP contribution in [-0.2, 0) is 16.1 Å². The summed E-state index contributed by atoms with van der Waals surface area (Å²) in [5, 5.41) is 9.76. The third kappa shape index (κ3) is 5.51. The van der Waals surface area contributed by atoms with Crippen molar-refractivity contribution in [3.05, 3.63) is 31.9 Å². The van der Waals surface area contributed by atoms with Crippen molar-refractivity contribution in [2.45, 2.75) is 59.4 Å². The molecule has 1 amide bonds. The lowest BCUT2D eigenvalue weighted by Crippen LogP contribution is -2.33. The van der Waals surface area contributed by atoms with Gasteiger partial charge in [0.05, 0.1) is 4.91 Å². The topological polar surface area (TPSA) is 78.6 Å². The summed E-state index contributed by atoms with van der Waals surface area (Å²) in [5.74, 6) is 0.696. The van der Waals surface area contributed by atoms with E-state index in [2.05, 4.69) is 17.9 Å². The molecule has 0 aromatic carbocycles. The summed E-state index contributed by atoms with van der Waals surface area (Å²) in [6.07, 6.45) is 6.46. The Hall–Kier alpha value is -2.15. The van der Waals surface area contributed by atoms with Crippen LogP contribution in [-0.4, -0.2) is 52.5 Å². The van der Waals surface area contributed by atoms with Gasteiger partial charge in [-0.05, 0) is 51.2 Å². The second-order valence-electron chi connectivity index (χ2n) is 8.24. The number of unbranched alkanes of at least 4 members (excludes halogenated alkanes) is 1. The predicted octanol–water partition coefficient (Wildman–Crippen LogP) is 4.06. The molecule has 0 unspecified atom stereocenters. The van der Waals surface area contributed by atoms with Crippen LogP contribution in [0.2, 0.25) is 0 Å². The molecule has 2 aliphatic heterocycles. The molecule has 0 N–H and O–H groups in total. The van der Waals surface area contributed by atoms with E-state index in [1.807, 2.05) is 13.0 Å². The molecular weight excluding hydrogens is 456 g/mol. The number of hydrogen-bond donors (Lipinski definition) is 0. The maximum Gasteiger partial charge on any atom is 0.270 e. The number of carbonyl (C=O) groups excluding carboxylic acids is 1. The highest BCUT2D eigenvalue weighted by atomic mass is 32.2. The van der Waals surface area contributed by atoms with Gasteiger partial charge >= 0.3 is 0 Å². The number of hydrogen-bond acceptors (Lipinski definition) is 7. The maximum atomic E-state index is 13.2. The third-order valence-corrected chi connectivity index (χ3v) is 7.39. The van der Waals surface area contributed by atoms with Crippen LogP contribution in [0.1, 0.15) is 62.6 Å². The van der Waals surface area contributed by atoms with E-state index in [0.29, 0.717) is 47.5 Å². The van der Waals surface area contributed by atoms with Gasteiger partial charge in [-0.25, -0.2) is 0 Å². The van der Waals surface area contributed by atoms with Crippen molar-refractivity contribution in [2.24, 2.45) is 0 Å². The van der Waals surface area contributed by atoms with Crippen molar-refractivity contribution in [1.82, 2.24) is 9.47 Å². The fraction of sp³-hybridized carbons (Fsp3) is 0.583. The molecule has 3 rings (SSSR count). The molecule has 3 heterocycles. The van der Waals surface area contributed by atoms with Crippen LogP contribution in [0.5, 0.6) is 0 Å². The molecule has 9 heteroatoms. The number of nitrogens with zero attached hydrogens (tertiary/aromatic N) is 4. The Balaban J connectivity index is 2.07. The molecule has 178 valence electrons. The van der Waals surface area contributed by atoms with Gasteiger partial charge < -0.3 is 9.64 Å². The van der Waals surface area contributed by atoms with Crippen molar-refractivity contribution in [1.29, 1.82) is 5.26 Å². The summed E-state index contributed by atoms with van der Waals surface area (Å²) in [6.45, 7) is 9.83. The van der Waals surface area contributed by atoms with Gasteiger partial charge in [-0.15, -0.1) is 0 Å². The van der Waals surface area contributed by atoms with Crippen molar-refractivity contribution in [3.8, 4) is 6.07 Å². The zero-order valence-corrected chi connectivity index (χ0v) is 21.3. The Morgan fingerprint density at radius 1 is 1.18 bits per heavy atom. The number of thioether (sulfide) groups is 1. The van der Waals surface area contributed by atoms with Crippen molar-refractivity contribution < 1.29 is 9.53 Å². The highest BCUT2D eigenvalue weighted by molar-refractivity contribution is 8.26. The minimum Gasteiger partial charge on any atom is -0.382 e. The summed E-state index contributed by atoms with van der Waals surface area (Å²) in [6, 6.07) is 2.11. The Bertz CT molecular complexity index is 1040. The molecule has 0 radical (unpaired) electrons. The number of thiocarbonyl (C=S) groups is 1. The van der Waals surface area contributed by atoms with Gasteiger partial charge in [0.2, 0.25) is 0 Å². The van der Waals surface area contributed by atoms with Crippen molar-refractivity contribution in [3.63, 3.8) is 0 Å². The molecule has 2 aliphatic rings. The second-order valence-corrected chi connectivity index (χ2v) is 9.91. The zero-order chi connectivity index (χ0) is 24.0. The Kier molecular flexibility index (Phi) is 9.12. The smallest absolute Gasteiger partial charge is 0.270 e. The average Bonchev–Trinajstić information content (AvgIpc) is 3.41. The zero-order valence-electron chi connectivity index (χ0n) is 19.7. The van der Waals surface area contributed by atoms with Crippen LogP contribution >= 0.6 is 24.0 Å². The molecule has 1 aromatic rings. The number of anilines is 1. The van der Waals surface area contributed by atoms with Crippen LogP contribution in [0.3, 0.4) is 0 Å². The Morgan fingerprint density at radius 2 is 1.91 bits per heavy atom. The van der Waals surface area contributed by atoms with Gasteiger partial charge in [0.1, 0.15) is 21.8 Å².